The molecular formula is C12H14Cl2O2. The molecule has 0 spiro atoms. The fourth-order valence-corrected chi connectivity index (χ4v) is 2.19. The lowest BCUT2D eigenvalue weighted by Gasteiger charge is -2.26. The van der Waals surface area contributed by atoms with Gasteiger partial charge in [0, 0.05) is 5.56 Å². The van der Waals surface area contributed by atoms with E-state index in [4.69, 9.17) is 32.7 Å². The maximum atomic E-state index is 5.97. The van der Waals surface area contributed by atoms with Crippen LogP contribution in [0.5, 0.6) is 0 Å². The Balaban J connectivity index is 2.25. The SMILES string of the molecule is Cc1ccc(C2(CCl)OC[C@@H](CCl)O2)cc1. The van der Waals surface area contributed by atoms with Crippen molar-refractivity contribution in [1.29, 1.82) is 0 Å². The zero-order valence-electron chi connectivity index (χ0n) is 9.08. The third kappa shape index (κ3) is 2.21. The molecule has 0 bridgehead atoms. The second-order valence-electron chi connectivity index (χ2n) is 3.96. The minimum atomic E-state index is -0.825. The van der Waals surface area contributed by atoms with Crippen molar-refractivity contribution >= 4 is 23.2 Å². The maximum absolute atomic E-state index is 5.97. The van der Waals surface area contributed by atoms with Crippen molar-refractivity contribution in [1.82, 2.24) is 0 Å². The maximum Gasteiger partial charge on any atom is 0.209 e. The molecule has 1 aromatic rings. The van der Waals surface area contributed by atoms with Gasteiger partial charge in [0.05, 0.1) is 24.5 Å². The summed E-state index contributed by atoms with van der Waals surface area (Å²) in [5, 5.41) is 0. The van der Waals surface area contributed by atoms with Gasteiger partial charge in [-0.25, -0.2) is 0 Å². The normalized spacial score (nSPS) is 29.6. The first-order valence-electron chi connectivity index (χ1n) is 5.21. The van der Waals surface area contributed by atoms with E-state index in [1.807, 2.05) is 31.2 Å². The predicted molar refractivity (Wildman–Crippen MR) is 65.1 cm³/mol. The molecule has 1 fully saturated rings. The Bertz CT molecular complexity index is 353. The summed E-state index contributed by atoms with van der Waals surface area (Å²) in [6.07, 6.45) is -0.0817. The van der Waals surface area contributed by atoms with Crippen LogP contribution in [-0.2, 0) is 15.3 Å². The van der Waals surface area contributed by atoms with Gasteiger partial charge < -0.3 is 9.47 Å². The van der Waals surface area contributed by atoms with Crippen LogP contribution in [0.15, 0.2) is 24.3 Å². The first-order valence-corrected chi connectivity index (χ1v) is 6.28. The Kier molecular flexibility index (Phi) is 3.75. The lowest BCUT2D eigenvalue weighted by atomic mass is 10.1. The van der Waals surface area contributed by atoms with E-state index in [-0.39, 0.29) is 12.0 Å². The molecule has 4 heteroatoms. The van der Waals surface area contributed by atoms with Crippen molar-refractivity contribution in [3.05, 3.63) is 35.4 Å². The van der Waals surface area contributed by atoms with Crippen LogP contribution < -0.4 is 0 Å². The molecule has 0 aromatic heterocycles. The van der Waals surface area contributed by atoms with Crippen LogP contribution in [0.4, 0.5) is 0 Å². The van der Waals surface area contributed by atoms with Gasteiger partial charge in [0.25, 0.3) is 0 Å². The van der Waals surface area contributed by atoms with Crippen LogP contribution in [0.25, 0.3) is 0 Å². The summed E-state index contributed by atoms with van der Waals surface area (Å²) in [6, 6.07) is 8.00. The summed E-state index contributed by atoms with van der Waals surface area (Å²) in [5.74, 6) is -0.136. The highest BCUT2D eigenvalue weighted by molar-refractivity contribution is 6.18. The summed E-state index contributed by atoms with van der Waals surface area (Å²) in [6.45, 7) is 2.53. The Morgan fingerprint density at radius 1 is 1.31 bits per heavy atom. The third-order valence-corrected chi connectivity index (χ3v) is 3.39. The summed E-state index contributed by atoms with van der Waals surface area (Å²) in [4.78, 5) is 0. The molecular weight excluding hydrogens is 247 g/mol. The van der Waals surface area contributed by atoms with E-state index in [0.29, 0.717) is 12.5 Å². The minimum absolute atomic E-state index is 0.0817. The predicted octanol–water partition coefficient (Wildman–Crippen LogP) is 3.04. The van der Waals surface area contributed by atoms with Gasteiger partial charge in [-0.2, -0.15) is 0 Å². The average Bonchev–Trinajstić information content (AvgIpc) is 2.75. The Morgan fingerprint density at radius 3 is 2.50 bits per heavy atom. The molecule has 2 rings (SSSR count). The lowest BCUT2D eigenvalue weighted by molar-refractivity contribution is -0.156. The second kappa shape index (κ2) is 4.92. The standard InChI is InChI=1S/C12H14Cl2O2/c1-9-2-4-10(5-3-9)12(8-14)15-7-11(6-13)16-12/h2-5,11H,6-8H2,1H3/t11-,12?/m1/s1. The van der Waals surface area contributed by atoms with Gasteiger partial charge in [-0.3, -0.25) is 0 Å². The number of hydrogen-bond acceptors (Lipinski definition) is 2. The van der Waals surface area contributed by atoms with Gasteiger partial charge in [-0.15, -0.1) is 23.2 Å². The molecule has 1 heterocycles. The first kappa shape index (κ1) is 12.2. The zero-order valence-corrected chi connectivity index (χ0v) is 10.6. The van der Waals surface area contributed by atoms with E-state index >= 15 is 0 Å². The highest BCUT2D eigenvalue weighted by Crippen LogP contribution is 2.35. The summed E-state index contributed by atoms with van der Waals surface area (Å²) in [5.41, 5.74) is 2.14. The highest BCUT2D eigenvalue weighted by atomic mass is 35.5. The molecule has 1 unspecified atom stereocenters. The van der Waals surface area contributed by atoms with Gasteiger partial charge in [-0.05, 0) is 6.92 Å². The molecule has 88 valence electrons. The molecule has 0 radical (unpaired) electrons. The number of ether oxygens (including phenoxy) is 2. The highest BCUT2D eigenvalue weighted by Gasteiger charge is 2.42. The lowest BCUT2D eigenvalue weighted by Crippen LogP contribution is -2.30. The van der Waals surface area contributed by atoms with Crippen LogP contribution in [0.2, 0.25) is 0 Å². The van der Waals surface area contributed by atoms with E-state index in [9.17, 15) is 0 Å². The fraction of sp³-hybridized carbons (Fsp3) is 0.500. The largest absolute Gasteiger partial charge is 0.342 e. The molecule has 0 saturated carbocycles. The smallest absolute Gasteiger partial charge is 0.209 e. The molecule has 1 aliphatic heterocycles. The van der Waals surface area contributed by atoms with E-state index in [1.165, 1.54) is 5.56 Å². The Morgan fingerprint density at radius 2 is 2.00 bits per heavy atom. The van der Waals surface area contributed by atoms with Gasteiger partial charge in [0.2, 0.25) is 5.79 Å². The molecule has 0 N–H and O–H groups in total. The zero-order chi connectivity index (χ0) is 11.6. The number of halogens is 2. The van der Waals surface area contributed by atoms with Crippen LogP contribution >= 0.6 is 23.2 Å². The molecule has 1 aliphatic rings. The van der Waals surface area contributed by atoms with Crippen molar-refractivity contribution in [2.45, 2.75) is 18.8 Å². The summed E-state index contributed by atoms with van der Waals surface area (Å²) < 4.78 is 11.5. The van der Waals surface area contributed by atoms with Crippen molar-refractivity contribution in [3.8, 4) is 0 Å². The van der Waals surface area contributed by atoms with Gasteiger partial charge in [0.15, 0.2) is 0 Å². The van der Waals surface area contributed by atoms with Crippen LogP contribution in [0.1, 0.15) is 11.1 Å². The van der Waals surface area contributed by atoms with Gasteiger partial charge in [0.1, 0.15) is 0 Å². The van der Waals surface area contributed by atoms with Crippen molar-refractivity contribution in [2.24, 2.45) is 0 Å². The van der Waals surface area contributed by atoms with E-state index in [2.05, 4.69) is 0 Å². The van der Waals surface area contributed by atoms with Gasteiger partial charge in [-0.1, -0.05) is 29.8 Å². The quantitative estimate of drug-likeness (QED) is 0.778. The van der Waals surface area contributed by atoms with Crippen LogP contribution in [0.3, 0.4) is 0 Å². The molecule has 16 heavy (non-hydrogen) atoms. The van der Waals surface area contributed by atoms with E-state index in [1.54, 1.807) is 0 Å². The van der Waals surface area contributed by atoms with E-state index < -0.39 is 5.79 Å². The van der Waals surface area contributed by atoms with Gasteiger partial charge >= 0.3 is 0 Å². The number of alkyl halides is 2. The number of aryl methyl sites for hydroxylation is 1. The molecule has 2 nitrogen and oxygen atoms in total. The van der Waals surface area contributed by atoms with Crippen molar-refractivity contribution < 1.29 is 9.47 Å². The third-order valence-electron chi connectivity index (χ3n) is 2.70. The number of benzene rings is 1. The summed E-state index contributed by atoms with van der Waals surface area (Å²) in [7, 11) is 0. The monoisotopic (exact) mass is 260 g/mol. The average molecular weight is 261 g/mol. The minimum Gasteiger partial charge on any atom is -0.342 e. The molecule has 1 saturated heterocycles. The summed E-state index contributed by atoms with van der Waals surface area (Å²) >= 11 is 11.7. The Labute approximate surface area is 105 Å². The van der Waals surface area contributed by atoms with Crippen LogP contribution in [0, 0.1) is 6.92 Å². The first-order chi connectivity index (χ1) is 7.70. The molecule has 0 amide bonds. The second-order valence-corrected chi connectivity index (χ2v) is 4.53. The Hall–Kier alpha value is -0.280. The molecule has 1 aromatic carbocycles. The molecule has 0 aliphatic carbocycles. The fourth-order valence-electron chi connectivity index (χ4n) is 1.75. The van der Waals surface area contributed by atoms with Crippen molar-refractivity contribution in [3.63, 3.8) is 0 Å². The van der Waals surface area contributed by atoms with E-state index in [0.717, 1.165) is 5.56 Å². The van der Waals surface area contributed by atoms with Crippen LogP contribution in [-0.4, -0.2) is 24.5 Å². The van der Waals surface area contributed by atoms with Crippen molar-refractivity contribution in [2.75, 3.05) is 18.4 Å². The number of rotatable bonds is 3. The topological polar surface area (TPSA) is 18.5 Å². The molecule has 2 atom stereocenters. The number of hydrogen-bond donors (Lipinski definition) is 0.